The molecule has 122 valence electrons. The molecule has 2 heterocycles. The third-order valence-corrected chi connectivity index (χ3v) is 3.66. The van der Waals surface area contributed by atoms with Crippen LogP contribution < -0.4 is 5.43 Å². The zero-order chi connectivity index (χ0) is 17.1. The maximum Gasteiger partial charge on any atom is 0.312 e. The lowest BCUT2D eigenvalue weighted by Gasteiger charge is -2.03. The molecule has 0 spiro atoms. The van der Waals surface area contributed by atoms with E-state index < -0.39 is 0 Å². The van der Waals surface area contributed by atoms with E-state index in [0.717, 1.165) is 22.2 Å². The van der Waals surface area contributed by atoms with E-state index in [1.54, 1.807) is 6.20 Å². The van der Waals surface area contributed by atoms with E-state index in [0.29, 0.717) is 5.89 Å². The molecule has 2 aromatic carbocycles. The van der Waals surface area contributed by atoms with Crippen molar-refractivity contribution in [2.45, 2.75) is 0 Å². The Morgan fingerprint density at radius 1 is 1.00 bits per heavy atom. The number of hydrogen-bond acceptors (Lipinski definition) is 6. The number of hydrazone groups is 1. The Labute approximate surface area is 143 Å². The summed E-state index contributed by atoms with van der Waals surface area (Å²) in [6.45, 7) is 0. The van der Waals surface area contributed by atoms with Gasteiger partial charge in [-0.2, -0.15) is 5.10 Å². The van der Waals surface area contributed by atoms with Crippen LogP contribution in [0.15, 0.2) is 76.4 Å². The molecule has 0 aliphatic heterocycles. The average molecular weight is 330 g/mol. The van der Waals surface area contributed by atoms with Gasteiger partial charge in [0, 0.05) is 17.1 Å². The fourth-order valence-corrected chi connectivity index (χ4v) is 2.47. The molecule has 0 aliphatic carbocycles. The van der Waals surface area contributed by atoms with Crippen LogP contribution in [0.2, 0.25) is 0 Å². The highest BCUT2D eigenvalue weighted by Gasteiger charge is 2.11. The zero-order valence-corrected chi connectivity index (χ0v) is 13.1. The van der Waals surface area contributed by atoms with E-state index >= 15 is 0 Å². The Hall–Kier alpha value is -3.67. The second-order valence-electron chi connectivity index (χ2n) is 5.33. The van der Waals surface area contributed by atoms with Crippen molar-refractivity contribution in [3.8, 4) is 17.4 Å². The van der Waals surface area contributed by atoms with Gasteiger partial charge in [0.05, 0.1) is 17.4 Å². The molecule has 0 radical (unpaired) electrons. The van der Waals surface area contributed by atoms with Crippen molar-refractivity contribution < 1.29 is 9.52 Å². The number of nitrogens with one attached hydrogen (secondary N) is 1. The summed E-state index contributed by atoms with van der Waals surface area (Å²) >= 11 is 0. The van der Waals surface area contributed by atoms with Crippen molar-refractivity contribution in [2.75, 3.05) is 5.43 Å². The molecule has 4 rings (SSSR count). The van der Waals surface area contributed by atoms with Gasteiger partial charge < -0.3 is 9.52 Å². The van der Waals surface area contributed by atoms with Crippen LogP contribution in [0, 0.1) is 0 Å². The minimum absolute atomic E-state index is 0.250. The van der Waals surface area contributed by atoms with Gasteiger partial charge in [0.2, 0.25) is 5.89 Å². The molecule has 2 N–H and O–H groups in total. The topological polar surface area (TPSA) is 83.5 Å². The minimum Gasteiger partial charge on any atom is -0.479 e. The van der Waals surface area contributed by atoms with Crippen molar-refractivity contribution in [3.63, 3.8) is 0 Å². The molecule has 0 bridgehead atoms. The molecule has 2 aromatic heterocycles. The van der Waals surface area contributed by atoms with E-state index in [2.05, 4.69) is 20.5 Å². The van der Waals surface area contributed by atoms with E-state index in [-0.39, 0.29) is 11.6 Å². The van der Waals surface area contributed by atoms with Crippen LogP contribution in [-0.4, -0.2) is 21.3 Å². The van der Waals surface area contributed by atoms with Crippen LogP contribution >= 0.6 is 0 Å². The maximum atomic E-state index is 9.90. The number of hydrogen-bond donors (Lipinski definition) is 2. The van der Waals surface area contributed by atoms with Crippen LogP contribution in [0.3, 0.4) is 0 Å². The average Bonchev–Trinajstić information content (AvgIpc) is 3.03. The minimum atomic E-state index is -0.277. The molecule has 0 amide bonds. The van der Waals surface area contributed by atoms with Crippen LogP contribution in [0.25, 0.3) is 22.4 Å². The summed E-state index contributed by atoms with van der Waals surface area (Å²) in [7, 11) is 0. The SMILES string of the molecule is Oc1oc(-c2ccccc2)nc1/C=N/Nc1cccc2cccnc12. The van der Waals surface area contributed by atoms with Crippen LogP contribution in [0.5, 0.6) is 5.95 Å². The number of oxazole rings is 1. The van der Waals surface area contributed by atoms with E-state index in [9.17, 15) is 5.11 Å². The van der Waals surface area contributed by atoms with Crippen LogP contribution in [0.4, 0.5) is 5.69 Å². The molecule has 0 aliphatic rings. The molecule has 0 unspecified atom stereocenters. The molecule has 4 aromatic rings. The van der Waals surface area contributed by atoms with Crippen molar-refractivity contribution in [3.05, 3.63) is 72.6 Å². The van der Waals surface area contributed by atoms with E-state index in [1.165, 1.54) is 6.21 Å². The highest BCUT2D eigenvalue weighted by molar-refractivity contribution is 5.90. The predicted molar refractivity (Wildman–Crippen MR) is 96.6 cm³/mol. The first-order valence-electron chi connectivity index (χ1n) is 7.69. The zero-order valence-electron chi connectivity index (χ0n) is 13.1. The monoisotopic (exact) mass is 330 g/mol. The normalized spacial score (nSPS) is 11.2. The van der Waals surface area contributed by atoms with Gasteiger partial charge in [-0.25, -0.2) is 4.98 Å². The Kier molecular flexibility index (Phi) is 3.84. The van der Waals surface area contributed by atoms with Gasteiger partial charge in [0.15, 0.2) is 5.69 Å². The molecule has 25 heavy (non-hydrogen) atoms. The highest BCUT2D eigenvalue weighted by atomic mass is 16.5. The summed E-state index contributed by atoms with van der Waals surface area (Å²) in [4.78, 5) is 8.60. The molecular formula is C19H14N4O2. The lowest BCUT2D eigenvalue weighted by Crippen LogP contribution is -1.93. The van der Waals surface area contributed by atoms with E-state index in [1.807, 2.05) is 60.7 Å². The number of pyridine rings is 1. The number of benzene rings is 2. The fraction of sp³-hybridized carbons (Fsp3) is 0. The molecule has 0 saturated carbocycles. The Bertz CT molecular complexity index is 1040. The summed E-state index contributed by atoms with van der Waals surface area (Å²) in [5.74, 6) is 0.0619. The Morgan fingerprint density at radius 2 is 1.84 bits per heavy atom. The second-order valence-corrected chi connectivity index (χ2v) is 5.33. The molecule has 6 heteroatoms. The van der Waals surface area contributed by atoms with Crippen molar-refractivity contribution in [1.29, 1.82) is 0 Å². The Morgan fingerprint density at radius 3 is 2.72 bits per heavy atom. The van der Waals surface area contributed by atoms with Gasteiger partial charge in [-0.3, -0.25) is 10.4 Å². The van der Waals surface area contributed by atoms with Crippen molar-refractivity contribution >= 4 is 22.8 Å². The smallest absolute Gasteiger partial charge is 0.312 e. The number of para-hydroxylation sites is 1. The second kappa shape index (κ2) is 6.45. The van der Waals surface area contributed by atoms with Crippen LogP contribution in [-0.2, 0) is 0 Å². The van der Waals surface area contributed by atoms with Crippen molar-refractivity contribution in [1.82, 2.24) is 9.97 Å². The number of fused-ring (bicyclic) bond motifs is 1. The predicted octanol–water partition coefficient (Wildman–Crippen LogP) is 4.04. The largest absolute Gasteiger partial charge is 0.479 e. The molecule has 0 saturated heterocycles. The third-order valence-electron chi connectivity index (χ3n) is 3.66. The summed E-state index contributed by atoms with van der Waals surface area (Å²) in [5.41, 5.74) is 5.54. The fourth-order valence-electron chi connectivity index (χ4n) is 2.47. The van der Waals surface area contributed by atoms with Gasteiger partial charge in [-0.1, -0.05) is 36.4 Å². The number of nitrogens with zero attached hydrogens (tertiary/aromatic N) is 3. The number of aromatic hydroxyl groups is 1. The van der Waals surface area contributed by atoms with Gasteiger partial charge >= 0.3 is 5.95 Å². The summed E-state index contributed by atoms with van der Waals surface area (Å²) < 4.78 is 5.29. The lowest BCUT2D eigenvalue weighted by molar-refractivity contribution is 0.337. The van der Waals surface area contributed by atoms with Crippen molar-refractivity contribution in [2.24, 2.45) is 5.10 Å². The Balaban J connectivity index is 1.57. The molecular weight excluding hydrogens is 316 g/mol. The molecule has 0 fully saturated rings. The summed E-state index contributed by atoms with van der Waals surface area (Å²) in [6.07, 6.45) is 3.14. The van der Waals surface area contributed by atoms with Gasteiger partial charge in [0.1, 0.15) is 0 Å². The van der Waals surface area contributed by atoms with Gasteiger partial charge in [0.25, 0.3) is 0 Å². The number of rotatable bonds is 4. The summed E-state index contributed by atoms with van der Waals surface area (Å²) in [6, 6.07) is 19.0. The molecule has 0 atom stereocenters. The maximum absolute atomic E-state index is 9.90. The first-order valence-corrected chi connectivity index (χ1v) is 7.69. The first-order chi connectivity index (χ1) is 12.3. The quantitative estimate of drug-likeness (QED) is 0.436. The van der Waals surface area contributed by atoms with E-state index in [4.69, 9.17) is 4.42 Å². The number of aromatic nitrogens is 2. The molecule has 6 nitrogen and oxygen atoms in total. The third kappa shape index (κ3) is 3.05. The highest BCUT2D eigenvalue weighted by Crippen LogP contribution is 2.25. The summed E-state index contributed by atoms with van der Waals surface area (Å²) in [5, 5.41) is 15.0. The first kappa shape index (κ1) is 14.9. The van der Waals surface area contributed by atoms with Gasteiger partial charge in [-0.15, -0.1) is 0 Å². The van der Waals surface area contributed by atoms with Crippen LogP contribution in [0.1, 0.15) is 5.69 Å². The standard InChI is InChI=1S/C19H14N4O2/c24-19-16(22-18(25-19)14-6-2-1-3-7-14)12-21-23-15-10-4-8-13-9-5-11-20-17(13)15/h1-12,23-24H/b21-12+. The lowest BCUT2D eigenvalue weighted by atomic mass is 10.2. The van der Waals surface area contributed by atoms with Gasteiger partial charge in [-0.05, 0) is 24.3 Å². The number of anilines is 1.